The van der Waals surface area contributed by atoms with Crippen LogP contribution in [0.25, 0.3) is 0 Å². The third-order valence-electron chi connectivity index (χ3n) is 3.48. The molecule has 0 heterocycles. The average Bonchev–Trinajstić information content (AvgIpc) is 2.33. The van der Waals surface area contributed by atoms with Gasteiger partial charge in [0.2, 0.25) is 0 Å². The number of nitrogens with one attached hydrogen (secondary N) is 1. The van der Waals surface area contributed by atoms with Gasteiger partial charge in [-0.25, -0.2) is 0 Å². The highest BCUT2D eigenvalue weighted by molar-refractivity contribution is 5.90. The van der Waals surface area contributed by atoms with Crippen LogP contribution in [0.5, 0.6) is 0 Å². The van der Waals surface area contributed by atoms with Gasteiger partial charge >= 0.3 is 0 Å². The first-order chi connectivity index (χ1) is 8.15. The normalized spacial score (nSPS) is 25.2. The highest BCUT2D eigenvalue weighted by atomic mass is 16.1. The quantitative estimate of drug-likeness (QED) is 0.866. The van der Waals surface area contributed by atoms with Crippen LogP contribution in [0.1, 0.15) is 45.1 Å². The smallest absolute Gasteiger partial charge is 0.157 e. The Kier molecular flexibility index (Phi) is 3.63. The largest absolute Gasteiger partial charge is 0.299 e. The molecule has 0 aliphatic heterocycles. The van der Waals surface area contributed by atoms with Gasteiger partial charge in [-0.15, -0.1) is 0 Å². The van der Waals surface area contributed by atoms with Crippen LogP contribution in [0.2, 0.25) is 0 Å². The highest BCUT2D eigenvalue weighted by Gasteiger charge is 2.41. The fourth-order valence-corrected chi connectivity index (χ4v) is 2.79. The fourth-order valence-electron chi connectivity index (χ4n) is 2.79. The second-order valence-electron chi connectivity index (χ2n) is 5.20. The Balaban J connectivity index is 2.39. The molecule has 0 bridgehead atoms. The van der Waals surface area contributed by atoms with Gasteiger partial charge in [0.25, 0.3) is 0 Å². The number of Topliss-reactive ketones (excluding diaryl/α,β-unsaturated/α-hetero) is 1. The predicted molar refractivity (Wildman–Crippen MR) is 69.9 cm³/mol. The van der Waals surface area contributed by atoms with Gasteiger partial charge in [0.05, 0.1) is 0 Å². The van der Waals surface area contributed by atoms with E-state index in [0.717, 1.165) is 24.8 Å². The van der Waals surface area contributed by atoms with E-state index in [0.29, 0.717) is 18.2 Å². The number of hydrogen-bond donors (Lipinski definition) is 1. The standard InChI is InChI=1S/C15H21NO/c1-12(2)16-15(11-7-6-10-14(15)17)13-8-4-3-5-9-13/h3-5,8-9,12,16H,6-7,10-11H2,1-2H3/t15-/m0/s1. The SMILES string of the molecule is CC(C)N[C@]1(c2ccccc2)CCCCC1=O. The molecule has 0 amide bonds. The summed E-state index contributed by atoms with van der Waals surface area (Å²) in [7, 11) is 0. The van der Waals surface area contributed by atoms with Crippen molar-refractivity contribution in [2.45, 2.75) is 51.1 Å². The van der Waals surface area contributed by atoms with Crippen LogP contribution in [0.15, 0.2) is 30.3 Å². The van der Waals surface area contributed by atoms with Crippen molar-refractivity contribution < 1.29 is 4.79 Å². The molecule has 0 aromatic heterocycles. The van der Waals surface area contributed by atoms with Crippen molar-refractivity contribution >= 4 is 5.78 Å². The molecule has 2 rings (SSSR count). The number of carbonyl (C=O) groups is 1. The van der Waals surface area contributed by atoms with Crippen molar-refractivity contribution in [2.75, 3.05) is 0 Å². The molecule has 0 unspecified atom stereocenters. The number of hydrogen-bond acceptors (Lipinski definition) is 2. The lowest BCUT2D eigenvalue weighted by molar-refractivity contribution is -0.128. The van der Waals surface area contributed by atoms with Crippen molar-refractivity contribution in [1.29, 1.82) is 0 Å². The van der Waals surface area contributed by atoms with Crippen molar-refractivity contribution in [2.24, 2.45) is 0 Å². The summed E-state index contributed by atoms with van der Waals surface area (Å²) in [4.78, 5) is 12.4. The maximum absolute atomic E-state index is 12.4. The molecule has 1 atom stereocenters. The minimum Gasteiger partial charge on any atom is -0.299 e. The summed E-state index contributed by atoms with van der Waals surface area (Å²) in [6, 6.07) is 10.5. The number of rotatable bonds is 3. The molecular formula is C15H21NO. The Bertz CT molecular complexity index is 385. The van der Waals surface area contributed by atoms with Crippen LogP contribution in [0, 0.1) is 0 Å². The molecule has 0 radical (unpaired) electrons. The molecule has 2 heteroatoms. The molecule has 1 aliphatic carbocycles. The molecule has 1 fully saturated rings. The van der Waals surface area contributed by atoms with Crippen molar-refractivity contribution in [3.8, 4) is 0 Å². The Morgan fingerprint density at radius 3 is 2.47 bits per heavy atom. The van der Waals surface area contributed by atoms with Gasteiger partial charge in [0.15, 0.2) is 5.78 Å². The van der Waals surface area contributed by atoms with Crippen LogP contribution >= 0.6 is 0 Å². The monoisotopic (exact) mass is 231 g/mol. The third-order valence-corrected chi connectivity index (χ3v) is 3.48. The molecule has 92 valence electrons. The highest BCUT2D eigenvalue weighted by Crippen LogP contribution is 2.34. The van der Waals surface area contributed by atoms with E-state index in [9.17, 15) is 4.79 Å². The average molecular weight is 231 g/mol. The third kappa shape index (κ3) is 2.42. The van der Waals surface area contributed by atoms with E-state index in [2.05, 4.69) is 31.3 Å². The zero-order chi connectivity index (χ0) is 12.3. The molecule has 0 saturated heterocycles. The van der Waals surface area contributed by atoms with Crippen LogP contribution in [-0.2, 0) is 10.3 Å². The van der Waals surface area contributed by atoms with E-state index in [1.165, 1.54) is 0 Å². The summed E-state index contributed by atoms with van der Waals surface area (Å²) in [6.07, 6.45) is 3.79. The van der Waals surface area contributed by atoms with E-state index < -0.39 is 5.54 Å². The Hall–Kier alpha value is -1.15. The molecular weight excluding hydrogens is 210 g/mol. The first kappa shape index (κ1) is 12.3. The molecule has 1 saturated carbocycles. The second kappa shape index (κ2) is 5.01. The Labute approximate surface area is 103 Å². The van der Waals surface area contributed by atoms with E-state index in [4.69, 9.17) is 0 Å². The van der Waals surface area contributed by atoms with Crippen molar-refractivity contribution in [3.05, 3.63) is 35.9 Å². The van der Waals surface area contributed by atoms with Gasteiger partial charge in [-0.3, -0.25) is 10.1 Å². The molecule has 1 aromatic carbocycles. The van der Waals surface area contributed by atoms with Gasteiger partial charge in [-0.05, 0) is 32.3 Å². The Morgan fingerprint density at radius 2 is 1.88 bits per heavy atom. The predicted octanol–water partition coefficient (Wildman–Crippen LogP) is 3.02. The van der Waals surface area contributed by atoms with Gasteiger partial charge in [-0.1, -0.05) is 36.8 Å². The van der Waals surface area contributed by atoms with Crippen LogP contribution in [0.4, 0.5) is 0 Å². The summed E-state index contributed by atoms with van der Waals surface area (Å²) >= 11 is 0. The molecule has 1 N–H and O–H groups in total. The number of ketones is 1. The van der Waals surface area contributed by atoms with Crippen LogP contribution < -0.4 is 5.32 Å². The van der Waals surface area contributed by atoms with Crippen LogP contribution in [-0.4, -0.2) is 11.8 Å². The lowest BCUT2D eigenvalue weighted by atomic mass is 9.75. The zero-order valence-electron chi connectivity index (χ0n) is 10.7. The molecule has 17 heavy (non-hydrogen) atoms. The van der Waals surface area contributed by atoms with Gasteiger partial charge in [-0.2, -0.15) is 0 Å². The maximum atomic E-state index is 12.4. The summed E-state index contributed by atoms with van der Waals surface area (Å²) in [5, 5.41) is 3.51. The zero-order valence-corrected chi connectivity index (χ0v) is 10.7. The minimum absolute atomic E-state index is 0.317. The fraction of sp³-hybridized carbons (Fsp3) is 0.533. The molecule has 1 aliphatic rings. The summed E-state index contributed by atoms with van der Waals surface area (Å²) in [5.41, 5.74) is 0.687. The van der Waals surface area contributed by atoms with E-state index >= 15 is 0 Å². The molecule has 1 aromatic rings. The summed E-state index contributed by atoms with van der Waals surface area (Å²) < 4.78 is 0. The minimum atomic E-state index is -0.437. The maximum Gasteiger partial charge on any atom is 0.157 e. The van der Waals surface area contributed by atoms with E-state index in [1.807, 2.05) is 18.2 Å². The Morgan fingerprint density at radius 1 is 1.18 bits per heavy atom. The van der Waals surface area contributed by atoms with E-state index in [1.54, 1.807) is 0 Å². The van der Waals surface area contributed by atoms with Crippen molar-refractivity contribution in [3.63, 3.8) is 0 Å². The lowest BCUT2D eigenvalue weighted by Gasteiger charge is -2.38. The van der Waals surface area contributed by atoms with Crippen molar-refractivity contribution in [1.82, 2.24) is 5.32 Å². The van der Waals surface area contributed by atoms with Gasteiger partial charge in [0.1, 0.15) is 5.54 Å². The van der Waals surface area contributed by atoms with E-state index in [-0.39, 0.29) is 0 Å². The number of carbonyl (C=O) groups excluding carboxylic acids is 1. The van der Waals surface area contributed by atoms with Gasteiger partial charge < -0.3 is 0 Å². The second-order valence-corrected chi connectivity index (χ2v) is 5.20. The summed E-state index contributed by atoms with van der Waals surface area (Å²) in [6.45, 7) is 4.21. The lowest BCUT2D eigenvalue weighted by Crippen LogP contribution is -2.53. The first-order valence-corrected chi connectivity index (χ1v) is 6.52. The first-order valence-electron chi connectivity index (χ1n) is 6.52. The van der Waals surface area contributed by atoms with Crippen LogP contribution in [0.3, 0.4) is 0 Å². The topological polar surface area (TPSA) is 29.1 Å². The van der Waals surface area contributed by atoms with Gasteiger partial charge in [0, 0.05) is 12.5 Å². The summed E-state index contributed by atoms with van der Waals surface area (Å²) in [5.74, 6) is 0.351. The molecule has 0 spiro atoms. The number of benzene rings is 1. The molecule has 2 nitrogen and oxygen atoms in total.